The van der Waals surface area contributed by atoms with Crippen LogP contribution in [0.2, 0.25) is 0 Å². The first-order chi connectivity index (χ1) is 9.13. The summed E-state index contributed by atoms with van der Waals surface area (Å²) in [5.41, 5.74) is 1.94. The van der Waals surface area contributed by atoms with Crippen molar-refractivity contribution in [2.75, 3.05) is 6.54 Å². The molecule has 0 aliphatic carbocycles. The molecule has 5 heteroatoms. The van der Waals surface area contributed by atoms with E-state index >= 15 is 0 Å². The number of carbonyl (C=O) groups excluding carboxylic acids is 1. The van der Waals surface area contributed by atoms with Crippen molar-refractivity contribution in [3.63, 3.8) is 0 Å². The number of aryl methyl sites for hydroxylation is 1. The van der Waals surface area contributed by atoms with E-state index in [1.165, 1.54) is 0 Å². The van der Waals surface area contributed by atoms with E-state index in [4.69, 9.17) is 4.52 Å². The van der Waals surface area contributed by atoms with Gasteiger partial charge in [0.2, 0.25) is 0 Å². The third kappa shape index (κ3) is 3.04. The quantitative estimate of drug-likeness (QED) is 0.936. The number of nitrogens with one attached hydrogen (secondary N) is 1. The molecule has 1 heterocycles. The zero-order valence-electron chi connectivity index (χ0n) is 10.9. The lowest BCUT2D eigenvalue weighted by molar-refractivity contribution is 0.0952. The number of carbonyl (C=O) groups is 1. The topological polar surface area (TPSA) is 55.1 Å². The normalized spacial score (nSPS) is 10.5. The summed E-state index contributed by atoms with van der Waals surface area (Å²) in [6.45, 7) is 4.40. The zero-order valence-corrected chi connectivity index (χ0v) is 12.5. The Balaban J connectivity index is 2.40. The molecule has 0 atom stereocenters. The molecule has 0 bridgehead atoms. The summed E-state index contributed by atoms with van der Waals surface area (Å²) in [5, 5.41) is 6.85. The minimum absolute atomic E-state index is 0.143. The van der Waals surface area contributed by atoms with E-state index < -0.39 is 0 Å². The number of hydrogen-bond donors (Lipinski definition) is 1. The van der Waals surface area contributed by atoms with Crippen LogP contribution >= 0.6 is 15.9 Å². The fourth-order valence-electron chi connectivity index (χ4n) is 1.80. The molecule has 1 amide bonds. The Kier molecular flexibility index (Phi) is 4.37. The van der Waals surface area contributed by atoms with E-state index in [1.54, 1.807) is 6.92 Å². The lowest BCUT2D eigenvalue weighted by atomic mass is 10.1. The van der Waals surface area contributed by atoms with E-state index in [1.807, 2.05) is 31.2 Å². The van der Waals surface area contributed by atoms with Gasteiger partial charge < -0.3 is 9.84 Å². The standard InChI is InChI=1S/C14H15BrN2O2/c1-3-7-16-14(18)12-9(2)19-17-13(12)10-5-4-6-11(15)8-10/h4-6,8H,3,7H2,1-2H3,(H,16,18). The predicted molar refractivity (Wildman–Crippen MR) is 77.0 cm³/mol. The van der Waals surface area contributed by atoms with Gasteiger partial charge in [0.15, 0.2) is 0 Å². The monoisotopic (exact) mass is 322 g/mol. The SMILES string of the molecule is CCCNC(=O)c1c(-c2cccc(Br)c2)noc1C. The van der Waals surface area contributed by atoms with Crippen LogP contribution in [0.4, 0.5) is 0 Å². The van der Waals surface area contributed by atoms with Gasteiger partial charge in [-0.15, -0.1) is 0 Å². The molecule has 4 nitrogen and oxygen atoms in total. The summed E-state index contributed by atoms with van der Waals surface area (Å²) in [7, 11) is 0. The number of benzene rings is 1. The minimum atomic E-state index is -0.143. The van der Waals surface area contributed by atoms with Crippen LogP contribution in [0.15, 0.2) is 33.3 Å². The number of nitrogens with zero attached hydrogens (tertiary/aromatic N) is 1. The third-order valence-corrected chi connectivity index (χ3v) is 3.22. The van der Waals surface area contributed by atoms with Crippen LogP contribution in [0.5, 0.6) is 0 Å². The van der Waals surface area contributed by atoms with Crippen LogP contribution < -0.4 is 5.32 Å². The Morgan fingerprint density at radius 2 is 2.26 bits per heavy atom. The second kappa shape index (κ2) is 6.02. The molecular formula is C14H15BrN2O2. The summed E-state index contributed by atoms with van der Waals surface area (Å²) in [4.78, 5) is 12.1. The zero-order chi connectivity index (χ0) is 13.8. The molecule has 0 fully saturated rings. The van der Waals surface area contributed by atoms with Crippen LogP contribution in [-0.4, -0.2) is 17.6 Å². The second-order valence-corrected chi connectivity index (χ2v) is 5.14. The van der Waals surface area contributed by atoms with Crippen LogP contribution in [0.1, 0.15) is 29.5 Å². The van der Waals surface area contributed by atoms with Crippen LogP contribution in [0.3, 0.4) is 0 Å². The van der Waals surface area contributed by atoms with Gasteiger partial charge in [-0.2, -0.15) is 0 Å². The van der Waals surface area contributed by atoms with E-state index in [2.05, 4.69) is 26.4 Å². The van der Waals surface area contributed by atoms with Crippen molar-refractivity contribution in [3.8, 4) is 11.3 Å². The van der Waals surface area contributed by atoms with E-state index in [0.29, 0.717) is 23.6 Å². The van der Waals surface area contributed by atoms with Gasteiger partial charge in [0.1, 0.15) is 17.0 Å². The van der Waals surface area contributed by atoms with Gasteiger partial charge in [-0.3, -0.25) is 4.79 Å². The molecule has 0 aliphatic rings. The Hall–Kier alpha value is -1.62. The summed E-state index contributed by atoms with van der Waals surface area (Å²) in [6, 6.07) is 7.64. The predicted octanol–water partition coefficient (Wildman–Crippen LogP) is 3.55. The number of hydrogen-bond acceptors (Lipinski definition) is 3. The van der Waals surface area contributed by atoms with Crippen molar-refractivity contribution < 1.29 is 9.32 Å². The van der Waals surface area contributed by atoms with Crippen molar-refractivity contribution in [2.45, 2.75) is 20.3 Å². The van der Waals surface area contributed by atoms with E-state index in [-0.39, 0.29) is 5.91 Å². The smallest absolute Gasteiger partial charge is 0.257 e. The third-order valence-electron chi connectivity index (χ3n) is 2.72. The fourth-order valence-corrected chi connectivity index (χ4v) is 2.20. The minimum Gasteiger partial charge on any atom is -0.360 e. The van der Waals surface area contributed by atoms with Gasteiger partial charge in [-0.1, -0.05) is 40.1 Å². The van der Waals surface area contributed by atoms with Crippen molar-refractivity contribution in [2.24, 2.45) is 0 Å². The molecule has 1 aromatic carbocycles. The van der Waals surface area contributed by atoms with Gasteiger partial charge in [0.05, 0.1) is 0 Å². The Bertz CT molecular complexity index is 593. The lowest BCUT2D eigenvalue weighted by Gasteiger charge is -2.04. The van der Waals surface area contributed by atoms with Crippen molar-refractivity contribution >= 4 is 21.8 Å². The maximum atomic E-state index is 12.1. The first kappa shape index (κ1) is 13.8. The van der Waals surface area contributed by atoms with Crippen molar-refractivity contribution in [1.29, 1.82) is 0 Å². The first-order valence-electron chi connectivity index (χ1n) is 6.14. The highest BCUT2D eigenvalue weighted by atomic mass is 79.9. The highest BCUT2D eigenvalue weighted by Crippen LogP contribution is 2.27. The molecule has 0 aliphatic heterocycles. The molecule has 19 heavy (non-hydrogen) atoms. The molecule has 0 unspecified atom stereocenters. The molecule has 0 saturated heterocycles. The summed E-state index contributed by atoms with van der Waals surface area (Å²) < 4.78 is 6.10. The summed E-state index contributed by atoms with van der Waals surface area (Å²) in [5.74, 6) is 0.388. The maximum absolute atomic E-state index is 12.1. The van der Waals surface area contributed by atoms with E-state index in [9.17, 15) is 4.79 Å². The molecule has 1 N–H and O–H groups in total. The molecule has 100 valence electrons. The molecule has 0 spiro atoms. The Labute approximate surface area is 120 Å². The van der Waals surface area contributed by atoms with Gasteiger partial charge >= 0.3 is 0 Å². The molecule has 0 saturated carbocycles. The largest absolute Gasteiger partial charge is 0.360 e. The Morgan fingerprint density at radius 1 is 1.47 bits per heavy atom. The second-order valence-electron chi connectivity index (χ2n) is 4.23. The molecular weight excluding hydrogens is 308 g/mol. The molecule has 1 aromatic heterocycles. The van der Waals surface area contributed by atoms with Crippen LogP contribution in [0, 0.1) is 6.92 Å². The maximum Gasteiger partial charge on any atom is 0.257 e. The van der Waals surface area contributed by atoms with Gasteiger partial charge in [0, 0.05) is 16.6 Å². The number of amides is 1. The van der Waals surface area contributed by atoms with Gasteiger partial charge in [-0.25, -0.2) is 0 Å². The lowest BCUT2D eigenvalue weighted by Crippen LogP contribution is -2.24. The highest BCUT2D eigenvalue weighted by Gasteiger charge is 2.21. The average Bonchev–Trinajstić information content (AvgIpc) is 2.78. The number of halogens is 1. The number of aromatic nitrogens is 1. The summed E-state index contributed by atoms with van der Waals surface area (Å²) in [6.07, 6.45) is 0.891. The molecule has 2 rings (SSSR count). The first-order valence-corrected chi connectivity index (χ1v) is 6.93. The van der Waals surface area contributed by atoms with Crippen molar-refractivity contribution in [1.82, 2.24) is 10.5 Å². The van der Waals surface area contributed by atoms with Gasteiger partial charge in [0.25, 0.3) is 5.91 Å². The highest BCUT2D eigenvalue weighted by molar-refractivity contribution is 9.10. The summed E-state index contributed by atoms with van der Waals surface area (Å²) >= 11 is 3.41. The Morgan fingerprint density at radius 3 is 2.95 bits per heavy atom. The van der Waals surface area contributed by atoms with Crippen LogP contribution in [-0.2, 0) is 0 Å². The van der Waals surface area contributed by atoms with Crippen molar-refractivity contribution in [3.05, 3.63) is 40.1 Å². The van der Waals surface area contributed by atoms with E-state index in [0.717, 1.165) is 16.5 Å². The fraction of sp³-hybridized carbons (Fsp3) is 0.286. The molecule has 0 radical (unpaired) electrons. The van der Waals surface area contributed by atoms with Crippen LogP contribution in [0.25, 0.3) is 11.3 Å². The number of rotatable bonds is 4. The average molecular weight is 323 g/mol. The van der Waals surface area contributed by atoms with Gasteiger partial charge in [-0.05, 0) is 25.5 Å². The molecule has 2 aromatic rings.